The molecule has 0 radical (unpaired) electrons. The molecule has 0 saturated carbocycles. The van der Waals surface area contributed by atoms with Gasteiger partial charge in [0.25, 0.3) is 0 Å². The Labute approximate surface area is 124 Å². The topological polar surface area (TPSA) is 65.2 Å². The SMILES string of the molecule is Cc1cc(/C=N/N=C/c2cc(C)c(O)c(C)c2)ccc1O. The summed E-state index contributed by atoms with van der Waals surface area (Å²) in [6.45, 7) is 5.53. The average Bonchev–Trinajstić information content (AvgIpc) is 2.44. The summed E-state index contributed by atoms with van der Waals surface area (Å²) in [5, 5.41) is 27.1. The predicted molar refractivity (Wildman–Crippen MR) is 85.6 cm³/mol. The number of phenols is 2. The third kappa shape index (κ3) is 3.69. The van der Waals surface area contributed by atoms with Crippen LogP contribution in [0.2, 0.25) is 0 Å². The third-order valence-corrected chi connectivity index (χ3v) is 3.21. The maximum Gasteiger partial charge on any atom is 0.121 e. The van der Waals surface area contributed by atoms with Crippen molar-refractivity contribution in [1.82, 2.24) is 0 Å². The van der Waals surface area contributed by atoms with Crippen LogP contribution in [0, 0.1) is 20.8 Å². The summed E-state index contributed by atoms with van der Waals surface area (Å²) in [7, 11) is 0. The number of rotatable bonds is 3. The molecule has 108 valence electrons. The lowest BCUT2D eigenvalue weighted by atomic mass is 10.1. The first-order chi connectivity index (χ1) is 9.97. The molecule has 2 aromatic carbocycles. The van der Waals surface area contributed by atoms with Gasteiger partial charge in [-0.3, -0.25) is 0 Å². The van der Waals surface area contributed by atoms with Crippen molar-refractivity contribution in [3.05, 3.63) is 58.1 Å². The molecule has 0 aliphatic heterocycles. The monoisotopic (exact) mass is 282 g/mol. The van der Waals surface area contributed by atoms with Crippen molar-refractivity contribution in [2.24, 2.45) is 10.2 Å². The number of aryl methyl sites for hydroxylation is 3. The van der Waals surface area contributed by atoms with Crippen molar-refractivity contribution in [2.45, 2.75) is 20.8 Å². The quantitative estimate of drug-likeness (QED) is 0.668. The number of phenolic OH excluding ortho intramolecular Hbond substituents is 2. The van der Waals surface area contributed by atoms with E-state index in [-0.39, 0.29) is 5.75 Å². The summed E-state index contributed by atoms with van der Waals surface area (Å²) in [6.07, 6.45) is 3.27. The maximum absolute atomic E-state index is 9.70. The fourth-order valence-corrected chi connectivity index (χ4v) is 2.02. The molecule has 2 aromatic rings. The molecule has 2 N–H and O–H groups in total. The number of hydrogen-bond donors (Lipinski definition) is 2. The van der Waals surface area contributed by atoms with Gasteiger partial charge in [0.1, 0.15) is 11.5 Å². The Morgan fingerprint density at radius 3 is 1.86 bits per heavy atom. The highest BCUT2D eigenvalue weighted by atomic mass is 16.3. The van der Waals surface area contributed by atoms with E-state index in [0.29, 0.717) is 5.75 Å². The molecule has 0 bridgehead atoms. The highest BCUT2D eigenvalue weighted by Crippen LogP contribution is 2.22. The van der Waals surface area contributed by atoms with E-state index in [4.69, 9.17) is 0 Å². The van der Waals surface area contributed by atoms with Gasteiger partial charge in [-0.25, -0.2) is 0 Å². The lowest BCUT2D eigenvalue weighted by Gasteiger charge is -2.03. The molecular weight excluding hydrogens is 264 g/mol. The fourth-order valence-electron chi connectivity index (χ4n) is 2.02. The van der Waals surface area contributed by atoms with E-state index in [0.717, 1.165) is 27.8 Å². The molecule has 0 aliphatic rings. The van der Waals surface area contributed by atoms with E-state index in [1.807, 2.05) is 39.0 Å². The lowest BCUT2D eigenvalue weighted by molar-refractivity contribution is 0.467. The van der Waals surface area contributed by atoms with Crippen LogP contribution in [-0.4, -0.2) is 22.6 Å². The summed E-state index contributed by atoms with van der Waals surface area (Å²) < 4.78 is 0. The fraction of sp³-hybridized carbons (Fsp3) is 0.176. The van der Waals surface area contributed by atoms with Gasteiger partial charge in [0.2, 0.25) is 0 Å². The molecule has 0 amide bonds. The highest BCUT2D eigenvalue weighted by molar-refractivity contribution is 5.83. The normalized spacial score (nSPS) is 11.6. The van der Waals surface area contributed by atoms with Gasteiger partial charge in [0, 0.05) is 0 Å². The molecule has 0 heterocycles. The zero-order chi connectivity index (χ0) is 15.4. The van der Waals surface area contributed by atoms with Crippen LogP contribution in [0.5, 0.6) is 11.5 Å². The average molecular weight is 282 g/mol. The van der Waals surface area contributed by atoms with Crippen LogP contribution in [0.25, 0.3) is 0 Å². The number of hydrogen-bond acceptors (Lipinski definition) is 4. The van der Waals surface area contributed by atoms with E-state index < -0.39 is 0 Å². The van der Waals surface area contributed by atoms with Gasteiger partial charge in [-0.1, -0.05) is 0 Å². The van der Waals surface area contributed by atoms with Gasteiger partial charge < -0.3 is 10.2 Å². The minimum Gasteiger partial charge on any atom is -0.508 e. The minimum absolute atomic E-state index is 0.269. The lowest BCUT2D eigenvalue weighted by Crippen LogP contribution is -1.87. The molecule has 0 spiro atoms. The second-order valence-electron chi connectivity index (χ2n) is 5.04. The molecule has 4 nitrogen and oxygen atoms in total. The van der Waals surface area contributed by atoms with Crippen molar-refractivity contribution < 1.29 is 10.2 Å². The molecule has 0 aromatic heterocycles. The maximum atomic E-state index is 9.70. The van der Waals surface area contributed by atoms with Gasteiger partial charge in [-0.05, 0) is 78.9 Å². The summed E-state index contributed by atoms with van der Waals surface area (Å²) in [4.78, 5) is 0. The largest absolute Gasteiger partial charge is 0.508 e. The van der Waals surface area contributed by atoms with Crippen molar-refractivity contribution in [1.29, 1.82) is 0 Å². The van der Waals surface area contributed by atoms with Gasteiger partial charge in [0.15, 0.2) is 0 Å². The van der Waals surface area contributed by atoms with E-state index in [9.17, 15) is 10.2 Å². The number of benzene rings is 2. The van der Waals surface area contributed by atoms with Crippen molar-refractivity contribution in [3.8, 4) is 11.5 Å². The molecule has 0 fully saturated rings. The zero-order valence-electron chi connectivity index (χ0n) is 12.3. The van der Waals surface area contributed by atoms with E-state index in [2.05, 4.69) is 10.2 Å². The van der Waals surface area contributed by atoms with E-state index in [1.54, 1.807) is 24.6 Å². The Kier molecular flexibility index (Phi) is 4.38. The third-order valence-electron chi connectivity index (χ3n) is 3.21. The second kappa shape index (κ2) is 6.22. The Hall–Kier alpha value is -2.62. The first-order valence-corrected chi connectivity index (χ1v) is 6.63. The zero-order valence-corrected chi connectivity index (χ0v) is 12.3. The van der Waals surface area contributed by atoms with Crippen LogP contribution in [0.1, 0.15) is 27.8 Å². The van der Waals surface area contributed by atoms with Gasteiger partial charge in [-0.2, -0.15) is 10.2 Å². The molecule has 2 rings (SSSR count). The smallest absolute Gasteiger partial charge is 0.121 e. The van der Waals surface area contributed by atoms with Crippen LogP contribution in [0.3, 0.4) is 0 Å². The highest BCUT2D eigenvalue weighted by Gasteiger charge is 2.01. The van der Waals surface area contributed by atoms with Crippen LogP contribution in [0.15, 0.2) is 40.5 Å². The Bertz CT molecular complexity index is 696. The molecular formula is C17H18N2O2. The van der Waals surface area contributed by atoms with E-state index >= 15 is 0 Å². The molecule has 4 heteroatoms. The molecule has 21 heavy (non-hydrogen) atoms. The van der Waals surface area contributed by atoms with Crippen LogP contribution in [-0.2, 0) is 0 Å². The summed E-state index contributed by atoms with van der Waals surface area (Å²) in [6, 6.07) is 8.95. The summed E-state index contributed by atoms with van der Waals surface area (Å²) in [5.41, 5.74) is 4.19. The predicted octanol–water partition coefficient (Wildman–Crippen LogP) is 3.48. The van der Waals surface area contributed by atoms with E-state index in [1.165, 1.54) is 0 Å². The summed E-state index contributed by atoms with van der Waals surface area (Å²) >= 11 is 0. The van der Waals surface area contributed by atoms with Crippen molar-refractivity contribution >= 4 is 12.4 Å². The standard InChI is InChI=1S/C17H18N2O2/c1-11-6-14(4-5-16(11)20)9-18-19-10-15-7-12(2)17(21)13(3)8-15/h4-10,20-21H,1-3H3/b18-9+,19-10+. The Morgan fingerprint density at radius 1 is 0.762 bits per heavy atom. The van der Waals surface area contributed by atoms with Crippen LogP contribution >= 0.6 is 0 Å². The molecule has 0 aliphatic carbocycles. The Morgan fingerprint density at radius 2 is 1.29 bits per heavy atom. The Balaban J connectivity index is 2.11. The molecule has 0 atom stereocenters. The van der Waals surface area contributed by atoms with Gasteiger partial charge in [0.05, 0.1) is 12.4 Å². The first-order valence-electron chi connectivity index (χ1n) is 6.63. The summed E-state index contributed by atoms with van der Waals surface area (Å²) in [5.74, 6) is 0.584. The van der Waals surface area contributed by atoms with Gasteiger partial charge in [-0.15, -0.1) is 0 Å². The van der Waals surface area contributed by atoms with Crippen LogP contribution < -0.4 is 0 Å². The van der Waals surface area contributed by atoms with Crippen molar-refractivity contribution in [3.63, 3.8) is 0 Å². The minimum atomic E-state index is 0.269. The van der Waals surface area contributed by atoms with Gasteiger partial charge >= 0.3 is 0 Å². The van der Waals surface area contributed by atoms with Crippen molar-refractivity contribution in [2.75, 3.05) is 0 Å². The number of aromatic hydroxyl groups is 2. The molecule has 0 saturated heterocycles. The first kappa shape index (κ1) is 14.8. The molecule has 0 unspecified atom stereocenters. The number of nitrogens with zero attached hydrogens (tertiary/aromatic N) is 2. The van der Waals surface area contributed by atoms with Crippen LogP contribution in [0.4, 0.5) is 0 Å². The second-order valence-corrected chi connectivity index (χ2v) is 5.04.